The van der Waals surface area contributed by atoms with E-state index < -0.39 is 0 Å². The smallest absolute Gasteiger partial charge is 0.272 e. The second-order valence-electron chi connectivity index (χ2n) is 7.21. The molecule has 1 fully saturated rings. The molecular formula is C18H27N5O. The predicted octanol–water partition coefficient (Wildman–Crippen LogP) is 2.60. The molecule has 0 radical (unpaired) electrons. The molecule has 0 atom stereocenters. The van der Waals surface area contributed by atoms with Gasteiger partial charge in [-0.15, -0.1) is 0 Å². The number of nitrogens with zero attached hydrogens (tertiary/aromatic N) is 5. The third-order valence-corrected chi connectivity index (χ3v) is 4.82. The Morgan fingerprint density at radius 1 is 1.33 bits per heavy atom. The Hall–Kier alpha value is -2.11. The number of rotatable bonds is 4. The normalized spacial score (nSPS) is 16.1. The Bertz CT molecular complexity index is 707. The first kappa shape index (κ1) is 16.7. The fraction of sp³-hybridized carbons (Fsp3) is 0.611. The van der Waals surface area contributed by atoms with Gasteiger partial charge in [0.15, 0.2) is 0 Å². The lowest BCUT2D eigenvalue weighted by Gasteiger charge is -2.31. The summed E-state index contributed by atoms with van der Waals surface area (Å²) in [6.45, 7) is 8.82. The second-order valence-corrected chi connectivity index (χ2v) is 7.21. The van der Waals surface area contributed by atoms with Crippen molar-refractivity contribution in [1.29, 1.82) is 0 Å². The number of aromatic nitrogens is 4. The van der Waals surface area contributed by atoms with Crippen LogP contribution in [0.1, 0.15) is 54.4 Å². The zero-order chi connectivity index (χ0) is 17.3. The van der Waals surface area contributed by atoms with Gasteiger partial charge in [-0.2, -0.15) is 10.2 Å². The fourth-order valence-corrected chi connectivity index (χ4v) is 3.28. The average Bonchev–Trinajstić information content (AvgIpc) is 3.13. The molecule has 0 saturated carbocycles. The summed E-state index contributed by atoms with van der Waals surface area (Å²) in [4.78, 5) is 14.7. The summed E-state index contributed by atoms with van der Waals surface area (Å²) in [6.07, 6.45) is 6.03. The van der Waals surface area contributed by atoms with Crippen LogP contribution < -0.4 is 0 Å². The van der Waals surface area contributed by atoms with Crippen molar-refractivity contribution in [2.24, 2.45) is 13.0 Å². The first-order chi connectivity index (χ1) is 11.4. The van der Waals surface area contributed by atoms with Gasteiger partial charge in [0.2, 0.25) is 0 Å². The molecule has 0 bridgehead atoms. The minimum atomic E-state index is 0.102. The first-order valence-electron chi connectivity index (χ1n) is 8.76. The molecule has 0 spiro atoms. The zero-order valence-electron chi connectivity index (χ0n) is 15.1. The molecule has 24 heavy (non-hydrogen) atoms. The lowest BCUT2D eigenvalue weighted by Crippen LogP contribution is -2.40. The molecule has 0 N–H and O–H groups in total. The van der Waals surface area contributed by atoms with Gasteiger partial charge in [-0.1, -0.05) is 13.8 Å². The molecule has 2 aromatic rings. The van der Waals surface area contributed by atoms with E-state index in [0.29, 0.717) is 17.5 Å². The Labute approximate surface area is 143 Å². The molecule has 1 saturated heterocycles. The largest absolute Gasteiger partial charge is 0.337 e. The highest BCUT2D eigenvalue weighted by molar-refractivity contribution is 5.92. The lowest BCUT2D eigenvalue weighted by molar-refractivity contribution is 0.0670. The van der Waals surface area contributed by atoms with Gasteiger partial charge in [-0.25, -0.2) is 0 Å². The summed E-state index contributed by atoms with van der Waals surface area (Å²) in [5.74, 6) is 1.03. The van der Waals surface area contributed by atoms with Crippen LogP contribution in [0.3, 0.4) is 0 Å². The summed E-state index contributed by atoms with van der Waals surface area (Å²) in [5.41, 5.74) is 2.87. The number of carbonyl (C=O) groups excluding carboxylic acids is 1. The standard InChI is InChI=1S/C18H27N5O/c1-13(2)16-9-17(21(4)20-16)18(24)22-7-5-15(6-8-22)12-23-11-14(3)10-19-23/h9-11,13,15H,5-8,12H2,1-4H3. The molecule has 3 rings (SSSR count). The molecule has 1 amide bonds. The molecule has 1 aliphatic rings. The summed E-state index contributed by atoms with van der Waals surface area (Å²) in [7, 11) is 1.85. The number of carbonyl (C=O) groups is 1. The molecule has 2 aromatic heterocycles. The Kier molecular flexibility index (Phi) is 4.73. The SMILES string of the molecule is Cc1cnn(CC2CCN(C(=O)c3cc(C(C)C)nn3C)CC2)c1. The van der Waals surface area contributed by atoms with Gasteiger partial charge in [0.25, 0.3) is 5.91 Å². The molecule has 0 unspecified atom stereocenters. The Balaban J connectivity index is 1.59. The molecule has 1 aliphatic heterocycles. The number of piperidine rings is 1. The van der Waals surface area contributed by atoms with Crippen molar-refractivity contribution in [3.63, 3.8) is 0 Å². The molecule has 130 valence electrons. The maximum atomic E-state index is 12.8. The van der Waals surface area contributed by atoms with Crippen molar-refractivity contribution in [1.82, 2.24) is 24.5 Å². The van der Waals surface area contributed by atoms with Gasteiger partial charge in [-0.3, -0.25) is 14.2 Å². The summed E-state index contributed by atoms with van der Waals surface area (Å²) in [6, 6.07) is 1.94. The molecule has 3 heterocycles. The van der Waals surface area contributed by atoms with E-state index in [9.17, 15) is 4.79 Å². The zero-order valence-corrected chi connectivity index (χ0v) is 15.1. The van der Waals surface area contributed by atoms with Crippen molar-refractivity contribution in [3.05, 3.63) is 35.4 Å². The minimum Gasteiger partial charge on any atom is -0.337 e. The number of likely N-dealkylation sites (tertiary alicyclic amines) is 1. The summed E-state index contributed by atoms with van der Waals surface area (Å²) < 4.78 is 3.74. The van der Waals surface area contributed by atoms with Gasteiger partial charge in [0.1, 0.15) is 5.69 Å². The first-order valence-corrected chi connectivity index (χ1v) is 8.76. The van der Waals surface area contributed by atoms with Crippen LogP contribution in [0.25, 0.3) is 0 Å². The van der Waals surface area contributed by atoms with E-state index in [-0.39, 0.29) is 5.91 Å². The van der Waals surface area contributed by atoms with E-state index in [1.54, 1.807) is 4.68 Å². The van der Waals surface area contributed by atoms with Crippen LogP contribution in [0.2, 0.25) is 0 Å². The Morgan fingerprint density at radius 2 is 2.04 bits per heavy atom. The van der Waals surface area contributed by atoms with Crippen LogP contribution in [0, 0.1) is 12.8 Å². The van der Waals surface area contributed by atoms with Gasteiger partial charge in [0, 0.05) is 32.9 Å². The maximum absolute atomic E-state index is 12.8. The molecule has 6 heteroatoms. The highest BCUT2D eigenvalue weighted by atomic mass is 16.2. The summed E-state index contributed by atoms with van der Waals surface area (Å²) in [5, 5.41) is 8.82. The van der Waals surface area contributed by atoms with E-state index in [1.807, 2.05) is 28.9 Å². The van der Waals surface area contributed by atoms with Crippen LogP contribution in [0.4, 0.5) is 0 Å². The number of hydrogen-bond donors (Lipinski definition) is 0. The monoisotopic (exact) mass is 329 g/mol. The topological polar surface area (TPSA) is 56.0 Å². The fourth-order valence-electron chi connectivity index (χ4n) is 3.28. The van der Waals surface area contributed by atoms with E-state index in [2.05, 4.69) is 37.2 Å². The van der Waals surface area contributed by atoms with Gasteiger partial charge >= 0.3 is 0 Å². The van der Waals surface area contributed by atoms with Crippen molar-refractivity contribution in [2.75, 3.05) is 13.1 Å². The lowest BCUT2D eigenvalue weighted by atomic mass is 9.96. The second kappa shape index (κ2) is 6.79. The van der Waals surface area contributed by atoms with Crippen molar-refractivity contribution in [3.8, 4) is 0 Å². The van der Waals surface area contributed by atoms with Crippen LogP contribution in [-0.2, 0) is 13.6 Å². The van der Waals surface area contributed by atoms with Gasteiger partial charge in [0.05, 0.1) is 11.9 Å². The quantitative estimate of drug-likeness (QED) is 0.866. The van der Waals surface area contributed by atoms with Crippen molar-refractivity contribution >= 4 is 5.91 Å². The van der Waals surface area contributed by atoms with E-state index in [4.69, 9.17) is 0 Å². The third kappa shape index (κ3) is 3.52. The molecule has 0 aliphatic carbocycles. The highest BCUT2D eigenvalue weighted by Gasteiger charge is 2.26. The Morgan fingerprint density at radius 3 is 2.58 bits per heavy atom. The van der Waals surface area contributed by atoms with Gasteiger partial charge in [-0.05, 0) is 43.2 Å². The average molecular weight is 329 g/mol. The number of amides is 1. The van der Waals surface area contributed by atoms with E-state index >= 15 is 0 Å². The molecule has 0 aromatic carbocycles. The van der Waals surface area contributed by atoms with Crippen LogP contribution in [0.5, 0.6) is 0 Å². The van der Waals surface area contributed by atoms with Crippen molar-refractivity contribution < 1.29 is 4.79 Å². The number of aryl methyl sites for hydroxylation is 2. The predicted molar refractivity (Wildman–Crippen MR) is 92.9 cm³/mol. The van der Waals surface area contributed by atoms with E-state index in [0.717, 1.165) is 38.2 Å². The van der Waals surface area contributed by atoms with Crippen LogP contribution >= 0.6 is 0 Å². The van der Waals surface area contributed by atoms with Crippen LogP contribution in [-0.4, -0.2) is 43.5 Å². The summed E-state index contributed by atoms with van der Waals surface area (Å²) >= 11 is 0. The minimum absolute atomic E-state index is 0.102. The third-order valence-electron chi connectivity index (χ3n) is 4.82. The van der Waals surface area contributed by atoms with Crippen molar-refractivity contribution in [2.45, 2.75) is 46.1 Å². The molecule has 6 nitrogen and oxygen atoms in total. The van der Waals surface area contributed by atoms with Crippen LogP contribution in [0.15, 0.2) is 18.5 Å². The number of hydrogen-bond acceptors (Lipinski definition) is 3. The highest BCUT2D eigenvalue weighted by Crippen LogP contribution is 2.22. The van der Waals surface area contributed by atoms with Gasteiger partial charge < -0.3 is 4.90 Å². The maximum Gasteiger partial charge on any atom is 0.272 e. The van der Waals surface area contributed by atoms with E-state index in [1.165, 1.54) is 5.56 Å². The molecular weight excluding hydrogens is 302 g/mol.